The minimum absolute atomic E-state index is 0.209. The van der Waals surface area contributed by atoms with Crippen LogP contribution in [-0.2, 0) is 0 Å². The van der Waals surface area contributed by atoms with E-state index in [1.165, 1.54) is 5.69 Å². The summed E-state index contributed by atoms with van der Waals surface area (Å²) in [6.07, 6.45) is 1.60. The molecule has 6 heteroatoms. The highest BCUT2D eigenvalue weighted by molar-refractivity contribution is 9.10. The third-order valence-corrected chi connectivity index (χ3v) is 3.62. The van der Waals surface area contributed by atoms with E-state index in [0.29, 0.717) is 4.67 Å². The first-order valence-corrected chi connectivity index (χ1v) is 7.87. The fourth-order valence-corrected chi connectivity index (χ4v) is 2.32. The predicted molar refractivity (Wildman–Crippen MR) is 91.5 cm³/mol. The summed E-state index contributed by atoms with van der Waals surface area (Å²) in [6, 6.07) is 11.2. The molecule has 116 valence electrons. The highest BCUT2D eigenvalue weighted by Gasteiger charge is 2.08. The molecule has 22 heavy (non-hydrogen) atoms. The fraction of sp³-hybridized carbons (Fsp3) is 0.250. The lowest BCUT2D eigenvalue weighted by Gasteiger charge is -2.20. The van der Waals surface area contributed by atoms with Gasteiger partial charge in [0.2, 0.25) is 0 Å². The van der Waals surface area contributed by atoms with E-state index in [1.54, 1.807) is 18.3 Å². The molecular formula is C16H18BrN3O2. The van der Waals surface area contributed by atoms with E-state index in [4.69, 9.17) is 4.42 Å². The molecule has 0 saturated carbocycles. The van der Waals surface area contributed by atoms with E-state index < -0.39 is 0 Å². The van der Waals surface area contributed by atoms with Crippen molar-refractivity contribution in [3.63, 3.8) is 0 Å². The number of hydrazone groups is 1. The highest BCUT2D eigenvalue weighted by Crippen LogP contribution is 2.14. The molecule has 0 unspecified atom stereocenters. The van der Waals surface area contributed by atoms with E-state index in [2.05, 4.69) is 45.2 Å². The smallest absolute Gasteiger partial charge is 0.307 e. The van der Waals surface area contributed by atoms with Crippen LogP contribution in [0.5, 0.6) is 0 Å². The van der Waals surface area contributed by atoms with E-state index in [1.807, 2.05) is 24.3 Å². The van der Waals surface area contributed by atoms with Crippen LogP contribution in [0.1, 0.15) is 30.0 Å². The molecule has 2 rings (SSSR count). The predicted octanol–water partition coefficient (Wildman–Crippen LogP) is 3.65. The number of anilines is 1. The van der Waals surface area contributed by atoms with E-state index in [0.717, 1.165) is 18.7 Å². The largest absolute Gasteiger partial charge is 0.444 e. The Morgan fingerprint density at radius 2 is 1.91 bits per heavy atom. The average molecular weight is 364 g/mol. The molecule has 0 saturated heterocycles. The first kappa shape index (κ1) is 16.3. The Kier molecular flexibility index (Phi) is 5.77. The first-order valence-electron chi connectivity index (χ1n) is 7.07. The van der Waals surface area contributed by atoms with Crippen molar-refractivity contribution in [1.82, 2.24) is 5.43 Å². The van der Waals surface area contributed by atoms with Crippen molar-refractivity contribution < 1.29 is 9.21 Å². The molecule has 1 aromatic heterocycles. The number of rotatable bonds is 6. The van der Waals surface area contributed by atoms with Crippen LogP contribution in [0.4, 0.5) is 5.69 Å². The molecule has 0 bridgehead atoms. The number of nitrogens with zero attached hydrogens (tertiary/aromatic N) is 2. The third-order valence-electron chi connectivity index (χ3n) is 3.20. The first-order chi connectivity index (χ1) is 10.6. The molecule has 0 aliphatic heterocycles. The Balaban J connectivity index is 1.94. The lowest BCUT2D eigenvalue weighted by molar-refractivity contribution is 0.0926. The molecule has 2 aromatic rings. The van der Waals surface area contributed by atoms with Gasteiger partial charge in [-0.15, -0.1) is 0 Å². The number of hydrogen-bond acceptors (Lipinski definition) is 4. The van der Waals surface area contributed by atoms with Crippen molar-refractivity contribution in [2.75, 3.05) is 18.0 Å². The van der Waals surface area contributed by atoms with Gasteiger partial charge in [-0.05, 0) is 59.6 Å². The summed E-state index contributed by atoms with van der Waals surface area (Å²) in [4.78, 5) is 14.0. The standard InChI is InChI=1S/C16H18BrN3O2/c1-3-20(4-2)13-7-5-12(6-8-13)11-18-19-16(21)14-9-10-15(17)22-14/h5-11H,3-4H2,1-2H3,(H,19,21)/b18-11-. The van der Waals surface area contributed by atoms with Gasteiger partial charge in [0.15, 0.2) is 10.4 Å². The van der Waals surface area contributed by atoms with E-state index in [9.17, 15) is 4.79 Å². The van der Waals surface area contributed by atoms with Crippen molar-refractivity contribution in [2.24, 2.45) is 5.10 Å². The van der Waals surface area contributed by atoms with Gasteiger partial charge < -0.3 is 9.32 Å². The number of nitrogens with one attached hydrogen (secondary N) is 1. The monoisotopic (exact) mass is 363 g/mol. The van der Waals surface area contributed by atoms with Crippen LogP contribution in [0.25, 0.3) is 0 Å². The second-order valence-electron chi connectivity index (χ2n) is 4.57. The van der Waals surface area contributed by atoms with Crippen molar-refractivity contribution in [3.05, 3.63) is 52.4 Å². The van der Waals surface area contributed by atoms with Crippen molar-refractivity contribution in [1.29, 1.82) is 0 Å². The van der Waals surface area contributed by atoms with Gasteiger partial charge in [-0.1, -0.05) is 12.1 Å². The van der Waals surface area contributed by atoms with E-state index >= 15 is 0 Å². The summed E-state index contributed by atoms with van der Waals surface area (Å²) in [5.74, 6) is -0.178. The van der Waals surface area contributed by atoms with Gasteiger partial charge in [-0.25, -0.2) is 5.43 Å². The molecular weight excluding hydrogens is 346 g/mol. The van der Waals surface area contributed by atoms with Gasteiger partial charge in [0.1, 0.15) is 0 Å². The van der Waals surface area contributed by atoms with Crippen LogP contribution in [0.15, 0.2) is 50.6 Å². The Hall–Kier alpha value is -2.08. The van der Waals surface area contributed by atoms with Gasteiger partial charge >= 0.3 is 5.91 Å². The van der Waals surface area contributed by atoms with Crippen LogP contribution < -0.4 is 10.3 Å². The summed E-state index contributed by atoms with van der Waals surface area (Å²) in [5, 5.41) is 3.93. The molecule has 0 aliphatic rings. The Bertz CT molecular complexity index is 646. The molecule has 5 nitrogen and oxygen atoms in total. The Morgan fingerprint density at radius 3 is 2.45 bits per heavy atom. The van der Waals surface area contributed by atoms with Gasteiger partial charge in [-0.3, -0.25) is 4.79 Å². The maximum Gasteiger partial charge on any atom is 0.307 e. The van der Waals surface area contributed by atoms with Crippen molar-refractivity contribution >= 4 is 33.7 Å². The minimum atomic E-state index is -0.387. The number of carbonyl (C=O) groups is 1. The molecule has 1 N–H and O–H groups in total. The van der Waals surface area contributed by atoms with Crippen molar-refractivity contribution in [2.45, 2.75) is 13.8 Å². The summed E-state index contributed by atoms with van der Waals surface area (Å²) in [5.41, 5.74) is 4.51. The molecule has 0 aliphatic carbocycles. The number of furan rings is 1. The lowest BCUT2D eigenvalue weighted by atomic mass is 10.2. The van der Waals surface area contributed by atoms with Gasteiger partial charge in [0.05, 0.1) is 6.21 Å². The van der Waals surface area contributed by atoms with Crippen molar-refractivity contribution in [3.8, 4) is 0 Å². The average Bonchev–Trinajstić information content (AvgIpc) is 2.96. The Labute approximate surface area is 138 Å². The second kappa shape index (κ2) is 7.79. The highest BCUT2D eigenvalue weighted by atomic mass is 79.9. The number of hydrogen-bond donors (Lipinski definition) is 1. The Morgan fingerprint density at radius 1 is 1.23 bits per heavy atom. The zero-order valence-electron chi connectivity index (χ0n) is 12.5. The summed E-state index contributed by atoms with van der Waals surface area (Å²) >= 11 is 3.15. The summed E-state index contributed by atoms with van der Waals surface area (Å²) in [6.45, 7) is 6.19. The quantitative estimate of drug-likeness (QED) is 0.629. The number of benzene rings is 1. The molecule has 0 atom stereocenters. The third kappa shape index (κ3) is 4.21. The van der Waals surface area contributed by atoms with Crippen LogP contribution in [0.3, 0.4) is 0 Å². The van der Waals surface area contributed by atoms with E-state index in [-0.39, 0.29) is 11.7 Å². The molecule has 0 spiro atoms. The van der Waals surface area contributed by atoms with Crippen LogP contribution in [0.2, 0.25) is 0 Å². The molecule has 1 aromatic carbocycles. The van der Waals surface area contributed by atoms with Crippen LogP contribution in [0, 0.1) is 0 Å². The summed E-state index contributed by atoms with van der Waals surface area (Å²) < 4.78 is 5.65. The topological polar surface area (TPSA) is 57.8 Å². The number of halogens is 1. The number of amides is 1. The lowest BCUT2D eigenvalue weighted by Crippen LogP contribution is -2.21. The molecule has 0 fully saturated rings. The second-order valence-corrected chi connectivity index (χ2v) is 5.35. The molecule has 1 amide bonds. The fourth-order valence-electron chi connectivity index (χ4n) is 2.02. The maximum absolute atomic E-state index is 11.7. The van der Waals surface area contributed by atoms with Crippen LogP contribution >= 0.6 is 15.9 Å². The molecule has 0 radical (unpaired) electrons. The number of carbonyl (C=O) groups excluding carboxylic acids is 1. The van der Waals surface area contributed by atoms with Gasteiger partial charge in [0.25, 0.3) is 0 Å². The zero-order chi connectivity index (χ0) is 15.9. The van der Waals surface area contributed by atoms with Gasteiger partial charge in [0, 0.05) is 18.8 Å². The summed E-state index contributed by atoms with van der Waals surface area (Å²) in [7, 11) is 0. The molecule has 1 heterocycles. The van der Waals surface area contributed by atoms with Gasteiger partial charge in [-0.2, -0.15) is 5.10 Å². The zero-order valence-corrected chi connectivity index (χ0v) is 14.1. The SMILES string of the molecule is CCN(CC)c1ccc(/C=N\NC(=O)c2ccc(Br)o2)cc1. The maximum atomic E-state index is 11.7. The minimum Gasteiger partial charge on any atom is -0.444 e. The normalized spacial score (nSPS) is 10.9. The van der Waals surface area contributed by atoms with Crippen LogP contribution in [-0.4, -0.2) is 25.2 Å².